The number of rotatable bonds is 7. The lowest BCUT2D eigenvalue weighted by Gasteiger charge is -2.09. The first-order chi connectivity index (χ1) is 12.7. The fourth-order valence-electron chi connectivity index (χ4n) is 2.58. The second-order valence-electron chi connectivity index (χ2n) is 5.86. The molecule has 0 atom stereocenters. The Morgan fingerprint density at radius 3 is 2.38 bits per heavy atom. The molecule has 0 aliphatic carbocycles. The van der Waals surface area contributed by atoms with Gasteiger partial charge in [-0.05, 0) is 29.7 Å². The van der Waals surface area contributed by atoms with Crippen LogP contribution < -0.4 is 5.32 Å². The van der Waals surface area contributed by atoms with Crippen molar-refractivity contribution >= 4 is 35.4 Å². The third-order valence-corrected chi connectivity index (χ3v) is 7.06. The van der Waals surface area contributed by atoms with Crippen LogP contribution in [0.3, 0.4) is 0 Å². The Balaban J connectivity index is 1.39. The molecule has 0 spiro atoms. The van der Waals surface area contributed by atoms with Crippen LogP contribution in [-0.4, -0.2) is 36.5 Å². The maximum atomic E-state index is 12.1. The lowest BCUT2D eigenvalue weighted by Crippen LogP contribution is -2.30. The van der Waals surface area contributed by atoms with E-state index in [-0.39, 0.29) is 12.5 Å². The van der Waals surface area contributed by atoms with E-state index in [1.807, 2.05) is 66.0 Å². The van der Waals surface area contributed by atoms with Gasteiger partial charge in [0.2, 0.25) is 0 Å². The first-order valence-electron chi connectivity index (χ1n) is 8.53. The van der Waals surface area contributed by atoms with E-state index >= 15 is 0 Å². The van der Waals surface area contributed by atoms with Crippen LogP contribution in [0, 0.1) is 0 Å². The highest BCUT2D eigenvalue weighted by Crippen LogP contribution is 2.45. The molecule has 1 aliphatic rings. The van der Waals surface area contributed by atoms with Gasteiger partial charge in [0, 0.05) is 18.1 Å². The van der Waals surface area contributed by atoms with Gasteiger partial charge in [0.05, 0.1) is 10.1 Å². The minimum atomic E-state index is -0.471. The molecule has 0 bridgehead atoms. The smallest absolute Gasteiger partial charge is 0.338 e. The Morgan fingerprint density at radius 2 is 1.69 bits per heavy atom. The van der Waals surface area contributed by atoms with E-state index in [4.69, 9.17) is 4.74 Å². The Hall–Kier alpha value is -1.92. The minimum absolute atomic E-state index is 0.260. The van der Waals surface area contributed by atoms with Gasteiger partial charge >= 0.3 is 5.97 Å². The maximum absolute atomic E-state index is 12.1. The van der Waals surface area contributed by atoms with Crippen LogP contribution >= 0.6 is 23.5 Å². The summed E-state index contributed by atoms with van der Waals surface area (Å²) in [6, 6.07) is 17.4. The summed E-state index contributed by atoms with van der Waals surface area (Å²) in [7, 11) is 0. The summed E-state index contributed by atoms with van der Waals surface area (Å²) in [6.07, 6.45) is 0.749. The summed E-state index contributed by atoms with van der Waals surface area (Å²) in [4.78, 5) is 23.9. The number of carbonyl (C=O) groups excluding carboxylic acids is 2. The molecule has 3 rings (SSSR count). The molecule has 0 radical (unpaired) electrons. The van der Waals surface area contributed by atoms with E-state index in [9.17, 15) is 9.59 Å². The lowest BCUT2D eigenvalue weighted by molar-refractivity contribution is -0.124. The van der Waals surface area contributed by atoms with Crippen LogP contribution in [-0.2, 0) is 16.0 Å². The van der Waals surface area contributed by atoms with Crippen molar-refractivity contribution in [2.24, 2.45) is 0 Å². The standard InChI is InChI=1S/C20H21NO3S2/c22-18(21-11-10-15-4-2-1-3-5-15)14-24-19(23)16-6-8-17(9-7-16)20-25-12-13-26-20/h1-9,20H,10-14H2,(H,21,22). The number of hydrogen-bond donors (Lipinski definition) is 1. The second-order valence-corrected chi connectivity index (χ2v) is 8.58. The molecule has 0 unspecified atom stereocenters. The first kappa shape index (κ1) is 18.9. The number of esters is 1. The number of amides is 1. The summed E-state index contributed by atoms with van der Waals surface area (Å²) >= 11 is 3.85. The lowest BCUT2D eigenvalue weighted by atomic mass is 10.1. The van der Waals surface area contributed by atoms with Crippen molar-refractivity contribution in [1.82, 2.24) is 5.32 Å². The van der Waals surface area contributed by atoms with Gasteiger partial charge in [-0.25, -0.2) is 4.79 Å². The zero-order valence-electron chi connectivity index (χ0n) is 14.4. The fraction of sp³-hybridized carbons (Fsp3) is 0.300. The highest BCUT2D eigenvalue weighted by atomic mass is 32.2. The van der Waals surface area contributed by atoms with E-state index in [1.165, 1.54) is 17.1 Å². The number of thioether (sulfide) groups is 2. The predicted octanol–water partition coefficient (Wildman–Crippen LogP) is 3.68. The average molecular weight is 388 g/mol. The van der Waals surface area contributed by atoms with Crippen LogP contribution in [0.15, 0.2) is 54.6 Å². The van der Waals surface area contributed by atoms with Crippen molar-refractivity contribution in [2.45, 2.75) is 11.0 Å². The number of benzene rings is 2. The Bertz CT molecular complexity index is 728. The largest absolute Gasteiger partial charge is 0.452 e. The van der Waals surface area contributed by atoms with Gasteiger partial charge < -0.3 is 10.1 Å². The molecule has 1 N–H and O–H groups in total. The van der Waals surface area contributed by atoms with Crippen molar-refractivity contribution in [1.29, 1.82) is 0 Å². The van der Waals surface area contributed by atoms with Crippen LogP contribution in [0.4, 0.5) is 0 Å². The molecule has 2 aromatic carbocycles. The van der Waals surface area contributed by atoms with E-state index in [1.54, 1.807) is 12.1 Å². The van der Waals surface area contributed by atoms with Crippen LogP contribution in [0.25, 0.3) is 0 Å². The minimum Gasteiger partial charge on any atom is -0.452 e. The van der Waals surface area contributed by atoms with Crippen LogP contribution in [0.1, 0.15) is 26.1 Å². The van der Waals surface area contributed by atoms with Gasteiger partial charge in [0.1, 0.15) is 0 Å². The molecular formula is C20H21NO3S2. The van der Waals surface area contributed by atoms with Gasteiger partial charge in [0.25, 0.3) is 5.91 Å². The van der Waals surface area contributed by atoms with Gasteiger partial charge in [-0.15, -0.1) is 23.5 Å². The molecule has 2 aromatic rings. The molecule has 136 valence electrons. The summed E-state index contributed by atoms with van der Waals surface area (Å²) in [6.45, 7) is 0.259. The van der Waals surface area contributed by atoms with E-state index < -0.39 is 5.97 Å². The third-order valence-electron chi connectivity index (χ3n) is 3.95. The molecular weight excluding hydrogens is 366 g/mol. The molecule has 1 saturated heterocycles. The SMILES string of the molecule is O=C(COC(=O)c1ccc(C2SCCS2)cc1)NCCc1ccccc1. The quantitative estimate of drug-likeness (QED) is 0.735. The van der Waals surface area contributed by atoms with E-state index in [0.717, 1.165) is 12.0 Å². The third kappa shape index (κ3) is 5.54. The van der Waals surface area contributed by atoms with E-state index in [0.29, 0.717) is 16.7 Å². The van der Waals surface area contributed by atoms with Crippen molar-refractivity contribution < 1.29 is 14.3 Å². The average Bonchev–Trinajstić information content (AvgIpc) is 3.22. The van der Waals surface area contributed by atoms with Gasteiger partial charge in [-0.3, -0.25) is 4.79 Å². The summed E-state index contributed by atoms with van der Waals surface area (Å²) < 4.78 is 5.55. The molecule has 6 heteroatoms. The summed E-state index contributed by atoms with van der Waals surface area (Å²) in [5.41, 5.74) is 2.84. The summed E-state index contributed by atoms with van der Waals surface area (Å²) in [5.74, 6) is 1.57. The van der Waals surface area contributed by atoms with Gasteiger partial charge in [0.15, 0.2) is 6.61 Å². The molecule has 0 aromatic heterocycles. The number of ether oxygens (including phenoxy) is 1. The van der Waals surface area contributed by atoms with E-state index in [2.05, 4.69) is 5.32 Å². The van der Waals surface area contributed by atoms with Crippen molar-refractivity contribution in [3.05, 3.63) is 71.3 Å². The zero-order valence-corrected chi connectivity index (χ0v) is 16.0. The molecule has 1 fully saturated rings. The number of carbonyl (C=O) groups is 2. The molecule has 0 saturated carbocycles. The fourth-order valence-corrected chi connectivity index (χ4v) is 5.44. The Labute approximate surface area is 162 Å². The molecule has 26 heavy (non-hydrogen) atoms. The predicted molar refractivity (Wildman–Crippen MR) is 108 cm³/mol. The number of hydrogen-bond acceptors (Lipinski definition) is 5. The van der Waals surface area contributed by atoms with Gasteiger partial charge in [-0.2, -0.15) is 0 Å². The van der Waals surface area contributed by atoms with Crippen LogP contribution in [0.5, 0.6) is 0 Å². The second kappa shape index (κ2) is 9.69. The maximum Gasteiger partial charge on any atom is 0.338 e. The number of nitrogens with one attached hydrogen (secondary N) is 1. The summed E-state index contributed by atoms with van der Waals surface area (Å²) in [5, 5.41) is 2.76. The highest BCUT2D eigenvalue weighted by Gasteiger charge is 2.18. The first-order valence-corrected chi connectivity index (χ1v) is 10.6. The Kier molecular flexibility index (Phi) is 7.03. The molecule has 1 amide bonds. The Morgan fingerprint density at radius 1 is 1.00 bits per heavy atom. The van der Waals surface area contributed by atoms with Gasteiger partial charge in [-0.1, -0.05) is 42.5 Å². The molecule has 4 nitrogen and oxygen atoms in total. The topological polar surface area (TPSA) is 55.4 Å². The van der Waals surface area contributed by atoms with Crippen molar-refractivity contribution in [2.75, 3.05) is 24.7 Å². The zero-order chi connectivity index (χ0) is 18.2. The van der Waals surface area contributed by atoms with Crippen molar-refractivity contribution in [3.8, 4) is 0 Å². The molecule has 1 aliphatic heterocycles. The monoisotopic (exact) mass is 387 g/mol. The normalized spacial score (nSPS) is 14.2. The van der Waals surface area contributed by atoms with Crippen LogP contribution in [0.2, 0.25) is 0 Å². The molecule has 1 heterocycles. The van der Waals surface area contributed by atoms with Crippen molar-refractivity contribution in [3.63, 3.8) is 0 Å². The highest BCUT2D eigenvalue weighted by molar-refractivity contribution is 8.19.